The van der Waals surface area contributed by atoms with Crippen LogP contribution in [-0.4, -0.2) is 58.3 Å². The van der Waals surface area contributed by atoms with Gasteiger partial charge in [-0.05, 0) is 37.9 Å². The number of nitrogens with zero attached hydrogens (tertiary/aromatic N) is 2. The highest BCUT2D eigenvalue weighted by Crippen LogP contribution is 2.34. The number of aliphatic carboxylic acids is 1. The van der Waals surface area contributed by atoms with E-state index in [0.29, 0.717) is 28.4 Å². The minimum absolute atomic E-state index is 0.151. The molecule has 0 spiro atoms. The molecule has 1 atom stereocenters. The Morgan fingerprint density at radius 1 is 1.29 bits per heavy atom. The van der Waals surface area contributed by atoms with Crippen LogP contribution in [0.3, 0.4) is 0 Å². The molecule has 0 radical (unpaired) electrons. The van der Waals surface area contributed by atoms with E-state index in [1.807, 2.05) is 0 Å². The van der Waals surface area contributed by atoms with Gasteiger partial charge in [0.2, 0.25) is 0 Å². The molecule has 0 unspecified atom stereocenters. The van der Waals surface area contributed by atoms with Gasteiger partial charge in [-0.2, -0.15) is 0 Å². The Bertz CT molecular complexity index is 726. The molecule has 126 valence electrons. The molecule has 5 heterocycles. The average molecular weight is 345 g/mol. The maximum Gasteiger partial charge on any atom is 0.332 e. The molecule has 3 saturated heterocycles. The van der Waals surface area contributed by atoms with Gasteiger partial charge in [0.25, 0.3) is 5.91 Å². The molecule has 1 aromatic heterocycles. The summed E-state index contributed by atoms with van der Waals surface area (Å²) in [6.45, 7) is 3.16. The summed E-state index contributed by atoms with van der Waals surface area (Å²) in [7, 11) is 0. The van der Waals surface area contributed by atoms with E-state index in [1.165, 1.54) is 18.0 Å². The number of pyridine rings is 1. The zero-order chi connectivity index (χ0) is 16.7. The fraction of sp³-hybridized carbons (Fsp3) is 0.471. The van der Waals surface area contributed by atoms with Gasteiger partial charge >= 0.3 is 5.97 Å². The number of nitrogens with one attached hydrogen (secondary N) is 1. The molecule has 2 bridgehead atoms. The summed E-state index contributed by atoms with van der Waals surface area (Å²) in [5.41, 5.74) is 1.46. The highest BCUT2D eigenvalue weighted by atomic mass is 32.2. The largest absolute Gasteiger partial charge is 0.478 e. The first-order chi connectivity index (χ1) is 11.6. The van der Waals surface area contributed by atoms with Crippen molar-refractivity contribution in [2.75, 3.05) is 25.4 Å². The maximum absolute atomic E-state index is 12.8. The van der Waals surface area contributed by atoms with Crippen molar-refractivity contribution in [3.05, 3.63) is 29.1 Å². The second-order valence-electron chi connectivity index (χ2n) is 6.58. The van der Waals surface area contributed by atoms with Gasteiger partial charge in [0, 0.05) is 46.8 Å². The van der Waals surface area contributed by atoms with E-state index in [4.69, 9.17) is 0 Å². The Morgan fingerprint density at radius 3 is 2.75 bits per heavy atom. The predicted molar refractivity (Wildman–Crippen MR) is 91.0 cm³/mol. The first kappa shape index (κ1) is 15.7. The summed E-state index contributed by atoms with van der Waals surface area (Å²) in [4.78, 5) is 31.4. The van der Waals surface area contributed by atoms with Gasteiger partial charge in [-0.3, -0.25) is 9.78 Å². The fourth-order valence-electron chi connectivity index (χ4n) is 3.77. The molecule has 4 aliphatic heterocycles. The van der Waals surface area contributed by atoms with E-state index in [-0.39, 0.29) is 11.9 Å². The quantitative estimate of drug-likeness (QED) is 0.863. The Balaban J connectivity index is 1.59. The van der Waals surface area contributed by atoms with Gasteiger partial charge < -0.3 is 15.3 Å². The van der Waals surface area contributed by atoms with Gasteiger partial charge in [-0.1, -0.05) is 0 Å². The molecule has 0 aromatic carbocycles. The van der Waals surface area contributed by atoms with E-state index in [9.17, 15) is 14.7 Å². The number of amides is 1. The van der Waals surface area contributed by atoms with Crippen molar-refractivity contribution in [3.8, 4) is 0 Å². The third-order valence-electron chi connectivity index (χ3n) is 5.14. The number of fused-ring (bicyclic) bond motifs is 4. The maximum atomic E-state index is 12.8. The molecule has 5 rings (SSSR count). The molecule has 0 aliphatic carbocycles. The summed E-state index contributed by atoms with van der Waals surface area (Å²) < 4.78 is 0. The minimum atomic E-state index is -0.936. The SMILES string of the molecule is O=C(O)C1=Cc2c(cncc2C(=O)N[C@H]2CN3CCC2CC3)SC1. The van der Waals surface area contributed by atoms with Crippen LogP contribution in [0.4, 0.5) is 0 Å². The molecule has 4 aliphatic rings. The summed E-state index contributed by atoms with van der Waals surface area (Å²) in [6.07, 6.45) is 7.11. The monoisotopic (exact) mass is 345 g/mol. The highest BCUT2D eigenvalue weighted by Gasteiger charge is 2.35. The number of hydrogen-bond acceptors (Lipinski definition) is 5. The number of aromatic nitrogens is 1. The highest BCUT2D eigenvalue weighted by molar-refractivity contribution is 7.99. The molecule has 2 N–H and O–H groups in total. The first-order valence-corrected chi connectivity index (χ1v) is 9.18. The Morgan fingerprint density at radius 2 is 2.08 bits per heavy atom. The van der Waals surface area contributed by atoms with E-state index >= 15 is 0 Å². The number of carbonyl (C=O) groups is 2. The molecular weight excluding hydrogens is 326 g/mol. The van der Waals surface area contributed by atoms with E-state index in [0.717, 1.165) is 37.4 Å². The van der Waals surface area contributed by atoms with Gasteiger partial charge in [-0.25, -0.2) is 4.79 Å². The zero-order valence-corrected chi connectivity index (χ0v) is 14.0. The van der Waals surface area contributed by atoms with Crippen molar-refractivity contribution < 1.29 is 14.7 Å². The fourth-order valence-corrected chi connectivity index (χ4v) is 4.74. The van der Waals surface area contributed by atoms with Gasteiger partial charge in [-0.15, -0.1) is 11.8 Å². The number of carboxylic acids is 1. The van der Waals surface area contributed by atoms with E-state index < -0.39 is 5.97 Å². The average Bonchev–Trinajstić information content (AvgIpc) is 2.61. The molecular formula is C17H19N3O3S. The lowest BCUT2D eigenvalue weighted by molar-refractivity contribution is -0.132. The minimum Gasteiger partial charge on any atom is -0.478 e. The summed E-state index contributed by atoms with van der Waals surface area (Å²) in [5.74, 6) is -0.143. The van der Waals surface area contributed by atoms with Crippen LogP contribution in [0, 0.1) is 5.92 Å². The first-order valence-electron chi connectivity index (χ1n) is 8.19. The van der Waals surface area contributed by atoms with Crippen molar-refractivity contribution >= 4 is 29.7 Å². The molecule has 1 amide bonds. The Kier molecular flexibility index (Phi) is 4.05. The smallest absolute Gasteiger partial charge is 0.332 e. The lowest BCUT2D eigenvalue weighted by atomic mass is 9.84. The van der Waals surface area contributed by atoms with Crippen molar-refractivity contribution in [2.24, 2.45) is 5.92 Å². The third kappa shape index (κ3) is 2.82. The Labute approximate surface area is 144 Å². The third-order valence-corrected chi connectivity index (χ3v) is 6.24. The summed E-state index contributed by atoms with van der Waals surface area (Å²) in [6, 6.07) is 0.176. The molecule has 24 heavy (non-hydrogen) atoms. The van der Waals surface area contributed by atoms with Crippen LogP contribution in [0.5, 0.6) is 0 Å². The molecule has 0 saturated carbocycles. The number of rotatable bonds is 3. The van der Waals surface area contributed by atoms with Gasteiger partial charge in [0.1, 0.15) is 0 Å². The lowest BCUT2D eigenvalue weighted by Gasteiger charge is -2.45. The van der Waals surface area contributed by atoms with Crippen LogP contribution in [0.2, 0.25) is 0 Å². The normalized spacial score (nSPS) is 28.0. The number of piperidine rings is 3. The van der Waals surface area contributed by atoms with Crippen LogP contribution in [-0.2, 0) is 4.79 Å². The van der Waals surface area contributed by atoms with E-state index in [1.54, 1.807) is 12.3 Å². The molecule has 6 nitrogen and oxygen atoms in total. The van der Waals surface area contributed by atoms with Crippen molar-refractivity contribution in [1.29, 1.82) is 0 Å². The van der Waals surface area contributed by atoms with Crippen molar-refractivity contribution in [3.63, 3.8) is 0 Å². The van der Waals surface area contributed by atoms with Crippen LogP contribution >= 0.6 is 11.8 Å². The second-order valence-corrected chi connectivity index (χ2v) is 7.60. The van der Waals surface area contributed by atoms with Gasteiger partial charge in [0.05, 0.1) is 5.56 Å². The van der Waals surface area contributed by atoms with Crippen LogP contribution in [0.15, 0.2) is 22.9 Å². The summed E-state index contributed by atoms with van der Waals surface area (Å²) >= 11 is 1.42. The zero-order valence-electron chi connectivity index (χ0n) is 13.2. The van der Waals surface area contributed by atoms with Crippen LogP contribution in [0.25, 0.3) is 6.08 Å². The van der Waals surface area contributed by atoms with Crippen LogP contribution in [0.1, 0.15) is 28.8 Å². The topological polar surface area (TPSA) is 82.5 Å². The standard InChI is InChI=1S/C17H19N3O3S/c21-16(19-14-8-20-3-1-10(14)2-4-20)13-6-18-7-15-12(13)5-11(9-24-15)17(22)23/h5-7,10,14H,1-4,8-9H2,(H,19,21)(H,22,23)/t14-/m0/s1. The number of hydrogen-bond donors (Lipinski definition) is 2. The predicted octanol–water partition coefficient (Wildman–Crippen LogP) is 1.48. The number of carbonyl (C=O) groups excluding carboxylic acids is 1. The summed E-state index contributed by atoms with van der Waals surface area (Å²) in [5, 5.41) is 12.4. The van der Waals surface area contributed by atoms with E-state index in [2.05, 4.69) is 15.2 Å². The van der Waals surface area contributed by atoms with Crippen molar-refractivity contribution in [1.82, 2.24) is 15.2 Å². The number of thioether (sulfide) groups is 1. The second kappa shape index (κ2) is 6.22. The van der Waals surface area contributed by atoms with Crippen molar-refractivity contribution in [2.45, 2.75) is 23.8 Å². The molecule has 3 fully saturated rings. The number of carboxylic acid groups (broad SMARTS) is 1. The van der Waals surface area contributed by atoms with Gasteiger partial charge in [0.15, 0.2) is 0 Å². The Hall–Kier alpha value is -1.86. The van der Waals surface area contributed by atoms with Crippen LogP contribution < -0.4 is 5.32 Å². The molecule has 1 aromatic rings. The molecule has 7 heteroatoms. The lowest BCUT2D eigenvalue weighted by Crippen LogP contribution is -2.57.